The van der Waals surface area contributed by atoms with Gasteiger partial charge in [0, 0.05) is 6.54 Å². The lowest BCUT2D eigenvalue weighted by atomic mass is 10.0. The molecule has 0 unspecified atom stereocenters. The van der Waals surface area contributed by atoms with Gasteiger partial charge in [-0.15, -0.1) is 0 Å². The predicted octanol–water partition coefficient (Wildman–Crippen LogP) is 1.79. The van der Waals surface area contributed by atoms with E-state index in [1.807, 2.05) is 19.9 Å². The van der Waals surface area contributed by atoms with E-state index in [1.54, 1.807) is 36.4 Å². The third-order valence-corrected chi connectivity index (χ3v) is 6.23. The molecular formula is C23H28N4O4S. The summed E-state index contributed by atoms with van der Waals surface area (Å²) in [6, 6.07) is 13.7. The van der Waals surface area contributed by atoms with Crippen LogP contribution in [0.2, 0.25) is 0 Å². The predicted molar refractivity (Wildman–Crippen MR) is 121 cm³/mol. The second kappa shape index (κ2) is 12.0. The Hall–Kier alpha value is -3.22. The lowest BCUT2D eigenvalue weighted by Gasteiger charge is -2.19. The van der Waals surface area contributed by atoms with Crippen LogP contribution in [-0.2, 0) is 26.0 Å². The van der Waals surface area contributed by atoms with E-state index in [4.69, 9.17) is 5.26 Å². The lowest BCUT2D eigenvalue weighted by Crippen LogP contribution is -2.50. The molecule has 3 N–H and O–H groups in total. The van der Waals surface area contributed by atoms with E-state index in [2.05, 4.69) is 15.4 Å². The van der Waals surface area contributed by atoms with E-state index in [9.17, 15) is 18.0 Å². The molecule has 0 aliphatic heterocycles. The second-order valence-corrected chi connectivity index (χ2v) is 9.14. The van der Waals surface area contributed by atoms with Crippen LogP contribution in [0.3, 0.4) is 0 Å². The normalized spacial score (nSPS) is 11.9. The van der Waals surface area contributed by atoms with Crippen LogP contribution in [0.5, 0.6) is 0 Å². The molecule has 2 rings (SSSR count). The number of unbranched alkanes of at least 4 members (excludes halogenated alkanes) is 1. The topological polar surface area (TPSA) is 128 Å². The van der Waals surface area contributed by atoms with Crippen molar-refractivity contribution in [1.29, 1.82) is 5.26 Å². The molecular weight excluding hydrogens is 428 g/mol. The summed E-state index contributed by atoms with van der Waals surface area (Å²) in [7, 11) is -3.97. The summed E-state index contributed by atoms with van der Waals surface area (Å²) in [5, 5.41) is 14.2. The minimum atomic E-state index is -3.97. The molecule has 0 heterocycles. The maximum atomic E-state index is 12.8. The molecule has 0 aromatic heterocycles. The summed E-state index contributed by atoms with van der Waals surface area (Å²) < 4.78 is 28.1. The first kappa shape index (κ1) is 25.0. The van der Waals surface area contributed by atoms with Crippen molar-refractivity contribution in [1.82, 2.24) is 15.4 Å². The number of nitrogens with one attached hydrogen (secondary N) is 3. The molecule has 9 heteroatoms. The Bertz CT molecular complexity index is 1060. The third-order valence-electron chi connectivity index (χ3n) is 4.74. The van der Waals surface area contributed by atoms with Gasteiger partial charge < -0.3 is 10.6 Å². The number of nitriles is 1. The Balaban J connectivity index is 2.16. The molecule has 0 aliphatic rings. The molecule has 0 fully saturated rings. The number of carbonyl (C=O) groups excluding carboxylic acids is 2. The van der Waals surface area contributed by atoms with Crippen LogP contribution in [0.4, 0.5) is 0 Å². The zero-order chi connectivity index (χ0) is 23.6. The van der Waals surface area contributed by atoms with Crippen molar-refractivity contribution in [2.45, 2.75) is 44.0 Å². The number of sulfonamides is 1. The van der Waals surface area contributed by atoms with E-state index in [0.717, 1.165) is 18.4 Å². The van der Waals surface area contributed by atoms with Crippen LogP contribution >= 0.6 is 0 Å². The van der Waals surface area contributed by atoms with Gasteiger partial charge in [-0.25, -0.2) is 8.42 Å². The van der Waals surface area contributed by atoms with Gasteiger partial charge in [-0.1, -0.05) is 43.2 Å². The third kappa shape index (κ3) is 7.80. The van der Waals surface area contributed by atoms with Gasteiger partial charge in [-0.05, 0) is 49.6 Å². The highest BCUT2D eigenvalue weighted by Gasteiger charge is 2.26. The zero-order valence-electron chi connectivity index (χ0n) is 18.2. The summed E-state index contributed by atoms with van der Waals surface area (Å²) in [6.07, 6.45) is 1.82. The van der Waals surface area contributed by atoms with Crippen LogP contribution in [0.1, 0.15) is 36.5 Å². The Labute approximate surface area is 189 Å². The van der Waals surface area contributed by atoms with Crippen molar-refractivity contribution in [2.24, 2.45) is 0 Å². The average Bonchev–Trinajstić information content (AvgIpc) is 2.78. The quantitative estimate of drug-likeness (QED) is 0.444. The Morgan fingerprint density at radius 3 is 2.28 bits per heavy atom. The highest BCUT2D eigenvalue weighted by molar-refractivity contribution is 7.89. The van der Waals surface area contributed by atoms with Gasteiger partial charge in [0.05, 0.1) is 23.1 Å². The minimum absolute atomic E-state index is 0.0398. The largest absolute Gasteiger partial charge is 0.355 e. The van der Waals surface area contributed by atoms with Crippen LogP contribution in [0.25, 0.3) is 0 Å². The van der Waals surface area contributed by atoms with E-state index in [-0.39, 0.29) is 23.8 Å². The second-order valence-electron chi connectivity index (χ2n) is 7.42. The summed E-state index contributed by atoms with van der Waals surface area (Å²) >= 11 is 0. The van der Waals surface area contributed by atoms with Crippen molar-refractivity contribution in [3.63, 3.8) is 0 Å². The molecule has 8 nitrogen and oxygen atoms in total. The van der Waals surface area contributed by atoms with E-state index in [0.29, 0.717) is 17.7 Å². The Kier molecular flexibility index (Phi) is 9.38. The van der Waals surface area contributed by atoms with Crippen molar-refractivity contribution in [3.8, 4) is 6.07 Å². The van der Waals surface area contributed by atoms with Crippen molar-refractivity contribution < 1.29 is 18.0 Å². The van der Waals surface area contributed by atoms with Gasteiger partial charge >= 0.3 is 0 Å². The summed E-state index contributed by atoms with van der Waals surface area (Å²) in [4.78, 5) is 24.8. The van der Waals surface area contributed by atoms with E-state index >= 15 is 0 Å². The maximum Gasteiger partial charge on any atom is 0.241 e. The maximum absolute atomic E-state index is 12.8. The molecule has 0 bridgehead atoms. The summed E-state index contributed by atoms with van der Waals surface area (Å²) in [6.45, 7) is 4.11. The van der Waals surface area contributed by atoms with Crippen LogP contribution < -0.4 is 15.4 Å². The van der Waals surface area contributed by atoms with Gasteiger partial charge in [-0.2, -0.15) is 9.98 Å². The first-order valence-corrected chi connectivity index (χ1v) is 11.9. The van der Waals surface area contributed by atoms with Crippen LogP contribution in [0.15, 0.2) is 53.4 Å². The highest BCUT2D eigenvalue weighted by Crippen LogP contribution is 2.13. The van der Waals surface area contributed by atoms with Crippen LogP contribution in [0, 0.1) is 18.3 Å². The fourth-order valence-corrected chi connectivity index (χ4v) is 4.06. The Morgan fingerprint density at radius 2 is 1.69 bits per heavy atom. The standard InChI is InChI=1S/C23H28N4O4S/c1-3-4-13-25-22(28)16-26-23(29)21(14-18-7-9-19(15-24)10-8-18)27-32(30,31)20-11-5-17(2)6-12-20/h5-12,21,27H,3-4,13-14,16H2,1-2H3,(H,25,28)(H,26,29)/t21-/m0/s1. The average molecular weight is 457 g/mol. The van der Waals surface area contributed by atoms with Gasteiger partial charge in [0.1, 0.15) is 6.04 Å². The van der Waals surface area contributed by atoms with E-state index < -0.39 is 22.0 Å². The highest BCUT2D eigenvalue weighted by atomic mass is 32.2. The van der Waals surface area contributed by atoms with Crippen molar-refractivity contribution in [3.05, 3.63) is 65.2 Å². The Morgan fingerprint density at radius 1 is 1.03 bits per heavy atom. The molecule has 0 aliphatic carbocycles. The molecule has 0 saturated heterocycles. The first-order valence-electron chi connectivity index (χ1n) is 10.4. The summed E-state index contributed by atoms with van der Waals surface area (Å²) in [5.41, 5.74) is 2.03. The van der Waals surface area contributed by atoms with Gasteiger partial charge in [0.25, 0.3) is 0 Å². The molecule has 32 heavy (non-hydrogen) atoms. The number of rotatable bonds is 11. The monoisotopic (exact) mass is 456 g/mol. The molecule has 2 aromatic rings. The molecule has 2 aromatic carbocycles. The number of benzene rings is 2. The molecule has 0 radical (unpaired) electrons. The zero-order valence-corrected chi connectivity index (χ0v) is 19.0. The first-order chi connectivity index (χ1) is 15.2. The molecule has 170 valence electrons. The molecule has 0 saturated carbocycles. The number of nitrogens with zero attached hydrogens (tertiary/aromatic N) is 1. The molecule has 1 atom stereocenters. The number of aryl methyl sites for hydroxylation is 1. The minimum Gasteiger partial charge on any atom is -0.355 e. The number of amides is 2. The molecule has 0 spiro atoms. The van der Waals surface area contributed by atoms with Gasteiger partial charge in [0.2, 0.25) is 21.8 Å². The number of carbonyl (C=O) groups is 2. The van der Waals surface area contributed by atoms with Crippen molar-refractivity contribution >= 4 is 21.8 Å². The van der Waals surface area contributed by atoms with Gasteiger partial charge in [0.15, 0.2) is 0 Å². The fraction of sp³-hybridized carbons (Fsp3) is 0.348. The van der Waals surface area contributed by atoms with Crippen LogP contribution in [-0.4, -0.2) is 39.4 Å². The van der Waals surface area contributed by atoms with Crippen molar-refractivity contribution in [2.75, 3.05) is 13.1 Å². The molecule has 2 amide bonds. The number of hydrogen-bond donors (Lipinski definition) is 3. The fourth-order valence-electron chi connectivity index (χ4n) is 2.87. The van der Waals surface area contributed by atoms with Gasteiger partial charge in [-0.3, -0.25) is 9.59 Å². The number of hydrogen-bond acceptors (Lipinski definition) is 5. The summed E-state index contributed by atoms with van der Waals surface area (Å²) in [5.74, 6) is -0.957. The van der Waals surface area contributed by atoms with E-state index in [1.165, 1.54) is 12.1 Å². The SMILES string of the molecule is CCCCNC(=O)CNC(=O)[C@H](Cc1ccc(C#N)cc1)NS(=O)(=O)c1ccc(C)cc1. The smallest absolute Gasteiger partial charge is 0.241 e. The lowest BCUT2D eigenvalue weighted by molar-refractivity contribution is -0.127.